The normalized spacial score (nSPS) is 12.1. The van der Waals surface area contributed by atoms with E-state index in [1.54, 1.807) is 0 Å². The van der Waals surface area contributed by atoms with E-state index in [1.807, 2.05) is 0 Å². The summed E-state index contributed by atoms with van der Waals surface area (Å²) in [4.78, 5) is 15.4. The second-order valence-corrected chi connectivity index (χ2v) is 3.48. The zero-order valence-electron chi connectivity index (χ0n) is 8.81. The van der Waals surface area contributed by atoms with Gasteiger partial charge in [-0.1, -0.05) is 0 Å². The minimum Gasteiger partial charge on any atom is -0.505 e. The van der Waals surface area contributed by atoms with Crippen molar-refractivity contribution < 1.29 is 14.6 Å². The van der Waals surface area contributed by atoms with Gasteiger partial charge in [0.1, 0.15) is 5.75 Å². The fraction of sp³-hybridized carbons (Fsp3) is 0.400. The first-order valence-electron chi connectivity index (χ1n) is 4.67. The molecule has 1 rings (SSSR count). The lowest BCUT2D eigenvalue weighted by Crippen LogP contribution is -2.39. The lowest BCUT2D eigenvalue weighted by atomic mass is 10.2. The number of nitrogens with one attached hydrogen (secondary N) is 1. The first kappa shape index (κ1) is 12.7. The first-order chi connectivity index (χ1) is 7.69. The van der Waals surface area contributed by atoms with Gasteiger partial charge in [-0.3, -0.25) is 9.78 Å². The van der Waals surface area contributed by atoms with E-state index < -0.39 is 5.91 Å². The number of hydrogen-bond acceptors (Lipinski definition) is 4. The topological polar surface area (TPSA) is 71.5 Å². The van der Waals surface area contributed by atoms with E-state index in [-0.39, 0.29) is 23.2 Å². The highest BCUT2D eigenvalue weighted by Gasteiger charge is 2.15. The van der Waals surface area contributed by atoms with Gasteiger partial charge in [0.05, 0.1) is 24.4 Å². The number of hydrogen-bond donors (Lipinski definition) is 2. The van der Waals surface area contributed by atoms with Crippen LogP contribution in [0, 0.1) is 0 Å². The third-order valence-electron chi connectivity index (χ3n) is 1.93. The van der Waals surface area contributed by atoms with E-state index in [0.29, 0.717) is 6.61 Å². The molecule has 0 spiro atoms. The molecule has 0 radical (unpaired) electrons. The molecule has 0 fully saturated rings. The number of halogens is 1. The number of carbonyl (C=O) groups is 1. The smallest absolute Gasteiger partial charge is 0.255 e. The van der Waals surface area contributed by atoms with Crippen molar-refractivity contribution in [2.75, 3.05) is 19.6 Å². The zero-order chi connectivity index (χ0) is 12.0. The van der Waals surface area contributed by atoms with E-state index in [9.17, 15) is 9.90 Å². The van der Waals surface area contributed by atoms with E-state index >= 15 is 0 Å². The van der Waals surface area contributed by atoms with Crippen LogP contribution in [0.25, 0.3) is 0 Å². The first-order valence-corrected chi connectivity index (χ1v) is 5.21. The quantitative estimate of drug-likeness (QED) is 0.751. The van der Waals surface area contributed by atoms with Crippen LogP contribution in [0.3, 0.4) is 0 Å². The van der Waals surface area contributed by atoms with Gasteiger partial charge < -0.3 is 15.2 Å². The predicted octanol–water partition coefficient (Wildman–Crippen LogP) is 0.771. The number of nitrogens with zero attached hydrogens (tertiary/aromatic N) is 1. The minimum absolute atomic E-state index is 0.161. The molecular weight excluding hydrogens is 232 g/mol. The molecule has 88 valence electrons. The number of amides is 1. The van der Waals surface area contributed by atoms with Crippen LogP contribution in [0.5, 0.6) is 5.75 Å². The molecule has 1 heterocycles. The average molecular weight is 245 g/mol. The Morgan fingerprint density at radius 3 is 3.06 bits per heavy atom. The molecule has 6 heteroatoms. The van der Waals surface area contributed by atoms with Gasteiger partial charge >= 0.3 is 0 Å². The van der Waals surface area contributed by atoms with Crippen molar-refractivity contribution in [2.45, 2.75) is 6.04 Å². The lowest BCUT2D eigenvalue weighted by molar-refractivity contribution is 0.0904. The van der Waals surface area contributed by atoms with Crippen LogP contribution in [0.15, 0.2) is 18.5 Å². The second kappa shape index (κ2) is 6.30. The van der Waals surface area contributed by atoms with Crippen LogP contribution in [-0.4, -0.2) is 41.6 Å². The van der Waals surface area contributed by atoms with E-state index in [1.165, 1.54) is 25.6 Å². The number of aromatic hydroxyl groups is 1. The molecule has 0 aliphatic rings. The van der Waals surface area contributed by atoms with Gasteiger partial charge in [-0.2, -0.15) is 0 Å². The highest BCUT2D eigenvalue weighted by atomic mass is 35.5. The summed E-state index contributed by atoms with van der Waals surface area (Å²) in [6, 6.07) is 1.15. The SMILES string of the molecule is COCC(CCl)NC(=O)c1ccncc1O. The molecule has 1 unspecified atom stereocenters. The standard InChI is InChI=1S/C10H13ClN2O3/c1-16-6-7(4-11)13-10(15)8-2-3-12-5-9(8)14/h2-3,5,7,14H,4,6H2,1H3,(H,13,15). The van der Waals surface area contributed by atoms with Crippen molar-refractivity contribution in [3.05, 3.63) is 24.0 Å². The minimum atomic E-state index is -0.400. The van der Waals surface area contributed by atoms with Gasteiger partial charge in [-0.15, -0.1) is 11.6 Å². The van der Waals surface area contributed by atoms with Crippen molar-refractivity contribution in [2.24, 2.45) is 0 Å². The molecule has 0 aliphatic heterocycles. The Balaban J connectivity index is 2.68. The molecule has 0 saturated heterocycles. The molecule has 0 saturated carbocycles. The zero-order valence-corrected chi connectivity index (χ0v) is 9.57. The highest BCUT2D eigenvalue weighted by molar-refractivity contribution is 6.18. The monoisotopic (exact) mass is 244 g/mol. The number of carbonyl (C=O) groups excluding carboxylic acids is 1. The molecule has 0 aromatic carbocycles. The summed E-state index contributed by atoms with van der Waals surface area (Å²) in [6.45, 7) is 0.321. The lowest BCUT2D eigenvalue weighted by Gasteiger charge is -2.15. The summed E-state index contributed by atoms with van der Waals surface area (Å²) < 4.78 is 4.89. The molecule has 5 nitrogen and oxygen atoms in total. The second-order valence-electron chi connectivity index (χ2n) is 3.17. The summed E-state index contributed by atoms with van der Waals surface area (Å²) in [5.41, 5.74) is 0.168. The number of aromatic nitrogens is 1. The van der Waals surface area contributed by atoms with Crippen LogP contribution in [-0.2, 0) is 4.74 Å². The molecule has 16 heavy (non-hydrogen) atoms. The van der Waals surface area contributed by atoms with Gasteiger partial charge in [0.15, 0.2) is 0 Å². The van der Waals surface area contributed by atoms with Crippen LogP contribution in [0.4, 0.5) is 0 Å². The van der Waals surface area contributed by atoms with Crippen molar-refractivity contribution >= 4 is 17.5 Å². The fourth-order valence-electron chi connectivity index (χ4n) is 1.17. The average Bonchev–Trinajstić information content (AvgIpc) is 2.28. The Morgan fingerprint density at radius 2 is 2.50 bits per heavy atom. The Hall–Kier alpha value is -1.33. The van der Waals surface area contributed by atoms with Crippen molar-refractivity contribution in [1.29, 1.82) is 0 Å². The maximum Gasteiger partial charge on any atom is 0.255 e. The van der Waals surface area contributed by atoms with Gasteiger partial charge in [0, 0.05) is 19.2 Å². The number of rotatable bonds is 5. The molecule has 1 atom stereocenters. The van der Waals surface area contributed by atoms with Gasteiger partial charge in [-0.25, -0.2) is 0 Å². The summed E-state index contributed by atoms with van der Waals surface area (Å²) in [6.07, 6.45) is 2.64. The Labute approximate surface area is 98.4 Å². The van der Waals surface area contributed by atoms with Crippen molar-refractivity contribution in [1.82, 2.24) is 10.3 Å². The van der Waals surface area contributed by atoms with Gasteiger partial charge in [0.2, 0.25) is 0 Å². The third kappa shape index (κ3) is 3.36. The molecule has 1 aromatic rings. The Kier molecular flexibility index (Phi) is 5.01. The number of alkyl halides is 1. The number of methoxy groups -OCH3 is 1. The molecule has 0 aliphatic carbocycles. The van der Waals surface area contributed by atoms with E-state index in [2.05, 4.69) is 10.3 Å². The van der Waals surface area contributed by atoms with Crippen LogP contribution < -0.4 is 5.32 Å². The maximum absolute atomic E-state index is 11.7. The molecule has 1 aromatic heterocycles. The van der Waals surface area contributed by atoms with Crippen molar-refractivity contribution in [3.8, 4) is 5.75 Å². The van der Waals surface area contributed by atoms with Crippen LogP contribution >= 0.6 is 11.6 Å². The Morgan fingerprint density at radius 1 is 1.75 bits per heavy atom. The summed E-state index contributed by atoms with van der Waals surface area (Å²) in [5.74, 6) is -0.320. The van der Waals surface area contributed by atoms with Gasteiger partial charge in [-0.05, 0) is 6.07 Å². The maximum atomic E-state index is 11.7. The van der Waals surface area contributed by atoms with E-state index in [0.717, 1.165) is 0 Å². The highest BCUT2D eigenvalue weighted by Crippen LogP contribution is 2.13. The third-order valence-corrected chi connectivity index (χ3v) is 2.31. The molecular formula is C10H13ClN2O3. The summed E-state index contributed by atoms with van der Waals surface area (Å²) in [5, 5.41) is 12.0. The van der Waals surface area contributed by atoms with E-state index in [4.69, 9.17) is 16.3 Å². The number of pyridine rings is 1. The fourth-order valence-corrected chi connectivity index (χ4v) is 1.33. The van der Waals surface area contributed by atoms with Crippen molar-refractivity contribution in [3.63, 3.8) is 0 Å². The largest absolute Gasteiger partial charge is 0.505 e. The van der Waals surface area contributed by atoms with Gasteiger partial charge in [0.25, 0.3) is 5.91 Å². The number of ether oxygens (including phenoxy) is 1. The molecule has 1 amide bonds. The van der Waals surface area contributed by atoms with Crippen LogP contribution in [0.1, 0.15) is 10.4 Å². The summed E-state index contributed by atoms with van der Waals surface area (Å²) >= 11 is 5.65. The summed E-state index contributed by atoms with van der Waals surface area (Å²) in [7, 11) is 1.52. The molecule has 2 N–H and O–H groups in total. The molecule has 0 bridgehead atoms. The van der Waals surface area contributed by atoms with Crippen LogP contribution in [0.2, 0.25) is 0 Å². The Bertz CT molecular complexity index is 360. The predicted molar refractivity (Wildman–Crippen MR) is 59.8 cm³/mol.